The Morgan fingerprint density at radius 2 is 2.00 bits per heavy atom. The highest BCUT2D eigenvalue weighted by molar-refractivity contribution is 5.18. The van der Waals surface area contributed by atoms with E-state index in [-0.39, 0.29) is 0 Å². The van der Waals surface area contributed by atoms with Crippen LogP contribution in [0.15, 0.2) is 30.3 Å². The smallest absolute Gasteiger partial charge is 0.0321 e. The zero-order valence-corrected chi connectivity index (χ0v) is 11.5. The molecule has 1 aliphatic rings. The maximum Gasteiger partial charge on any atom is 0.0321 e. The van der Waals surface area contributed by atoms with Crippen LogP contribution < -0.4 is 5.73 Å². The quantitative estimate of drug-likeness (QED) is 0.879. The lowest BCUT2D eigenvalue weighted by Gasteiger charge is -2.42. The van der Waals surface area contributed by atoms with Gasteiger partial charge in [-0.15, -0.1) is 0 Å². The Morgan fingerprint density at radius 1 is 1.28 bits per heavy atom. The fraction of sp³-hybridized carbons (Fsp3) is 0.600. The lowest BCUT2D eigenvalue weighted by Crippen LogP contribution is -2.53. The molecule has 0 amide bonds. The van der Waals surface area contributed by atoms with E-state index in [4.69, 9.17) is 5.73 Å². The number of hydrogen-bond donors (Lipinski definition) is 1. The van der Waals surface area contributed by atoms with Crippen molar-refractivity contribution >= 4 is 0 Å². The molecule has 0 spiro atoms. The van der Waals surface area contributed by atoms with Crippen molar-refractivity contribution in [1.82, 2.24) is 9.80 Å². The lowest BCUT2D eigenvalue weighted by atomic mass is 10.0. The van der Waals surface area contributed by atoms with Crippen molar-refractivity contribution in [3.63, 3.8) is 0 Å². The van der Waals surface area contributed by atoms with Gasteiger partial charge in [-0.1, -0.05) is 30.3 Å². The Labute approximate surface area is 111 Å². The van der Waals surface area contributed by atoms with Crippen molar-refractivity contribution in [2.75, 3.05) is 32.7 Å². The molecule has 1 fully saturated rings. The Hall–Kier alpha value is -0.900. The van der Waals surface area contributed by atoms with E-state index in [9.17, 15) is 0 Å². The van der Waals surface area contributed by atoms with Crippen LogP contribution in [0.2, 0.25) is 0 Å². The van der Waals surface area contributed by atoms with Crippen LogP contribution in [0.5, 0.6) is 0 Å². The molecule has 0 aliphatic carbocycles. The number of nitrogens with two attached hydrogens (primary N) is 1. The van der Waals surface area contributed by atoms with Gasteiger partial charge in [0.05, 0.1) is 0 Å². The molecule has 100 valence electrons. The first kappa shape index (κ1) is 13.5. The predicted molar refractivity (Wildman–Crippen MR) is 76.5 cm³/mol. The minimum absolute atomic E-state index is 0.508. The molecule has 1 aliphatic heterocycles. The summed E-state index contributed by atoms with van der Waals surface area (Å²) in [6, 6.07) is 11.9. The fourth-order valence-electron chi connectivity index (χ4n) is 2.82. The summed E-state index contributed by atoms with van der Waals surface area (Å²) in [6.07, 6.45) is 0. The van der Waals surface area contributed by atoms with E-state index < -0.39 is 0 Å². The standard InChI is InChI=1S/C15H25N3/c1-13-12-18(11-10-17(13)9-8-16)14(2)15-6-4-3-5-7-15/h3-7,13-14H,8-12,16H2,1-2H3. The van der Waals surface area contributed by atoms with Gasteiger partial charge in [-0.25, -0.2) is 0 Å². The molecule has 1 saturated heterocycles. The van der Waals surface area contributed by atoms with E-state index in [1.807, 2.05) is 0 Å². The lowest BCUT2D eigenvalue weighted by molar-refractivity contribution is 0.0620. The first-order chi connectivity index (χ1) is 8.72. The van der Waals surface area contributed by atoms with Crippen molar-refractivity contribution in [3.8, 4) is 0 Å². The summed E-state index contributed by atoms with van der Waals surface area (Å²) in [7, 11) is 0. The minimum Gasteiger partial charge on any atom is -0.329 e. The molecule has 0 radical (unpaired) electrons. The summed E-state index contributed by atoms with van der Waals surface area (Å²) in [4.78, 5) is 5.07. The number of nitrogens with zero attached hydrogens (tertiary/aromatic N) is 2. The Morgan fingerprint density at radius 3 is 2.61 bits per heavy atom. The van der Waals surface area contributed by atoms with Gasteiger partial charge < -0.3 is 5.73 Å². The van der Waals surface area contributed by atoms with Gasteiger partial charge in [0, 0.05) is 44.8 Å². The summed E-state index contributed by atoms with van der Waals surface area (Å²) in [5.41, 5.74) is 7.07. The van der Waals surface area contributed by atoms with Crippen LogP contribution in [-0.2, 0) is 0 Å². The average molecular weight is 247 g/mol. The van der Waals surface area contributed by atoms with Gasteiger partial charge in [-0.05, 0) is 19.4 Å². The Balaban J connectivity index is 1.96. The van der Waals surface area contributed by atoms with Crippen molar-refractivity contribution in [2.45, 2.75) is 25.9 Å². The number of rotatable bonds is 4. The van der Waals surface area contributed by atoms with Crippen LogP contribution >= 0.6 is 0 Å². The van der Waals surface area contributed by atoms with Gasteiger partial charge in [0.15, 0.2) is 0 Å². The second-order valence-electron chi connectivity index (χ2n) is 5.26. The summed E-state index contributed by atoms with van der Waals surface area (Å²) < 4.78 is 0. The molecule has 0 aromatic heterocycles. The molecule has 1 heterocycles. The summed E-state index contributed by atoms with van der Waals surface area (Å²) in [6.45, 7) is 9.81. The van der Waals surface area contributed by atoms with Crippen molar-refractivity contribution in [2.24, 2.45) is 5.73 Å². The topological polar surface area (TPSA) is 32.5 Å². The van der Waals surface area contributed by atoms with Gasteiger partial charge in [0.2, 0.25) is 0 Å². The largest absolute Gasteiger partial charge is 0.329 e. The van der Waals surface area contributed by atoms with Gasteiger partial charge in [-0.3, -0.25) is 9.80 Å². The molecule has 2 atom stereocenters. The van der Waals surface area contributed by atoms with Crippen molar-refractivity contribution < 1.29 is 0 Å². The molecular formula is C15H25N3. The van der Waals surface area contributed by atoms with Gasteiger partial charge in [-0.2, -0.15) is 0 Å². The number of hydrogen-bond acceptors (Lipinski definition) is 3. The molecule has 3 heteroatoms. The van der Waals surface area contributed by atoms with Crippen molar-refractivity contribution in [3.05, 3.63) is 35.9 Å². The van der Waals surface area contributed by atoms with E-state index in [1.165, 1.54) is 5.56 Å². The molecule has 0 saturated carbocycles. The van der Waals surface area contributed by atoms with Crippen LogP contribution in [0.1, 0.15) is 25.5 Å². The highest BCUT2D eigenvalue weighted by Gasteiger charge is 2.26. The average Bonchev–Trinajstić information content (AvgIpc) is 2.41. The highest BCUT2D eigenvalue weighted by atomic mass is 15.3. The van der Waals surface area contributed by atoms with Crippen LogP contribution in [0.25, 0.3) is 0 Å². The van der Waals surface area contributed by atoms with Crippen molar-refractivity contribution in [1.29, 1.82) is 0 Å². The van der Waals surface area contributed by atoms with E-state index in [2.05, 4.69) is 54.0 Å². The maximum absolute atomic E-state index is 5.65. The monoisotopic (exact) mass is 247 g/mol. The second-order valence-corrected chi connectivity index (χ2v) is 5.26. The van der Waals surface area contributed by atoms with Crippen LogP contribution in [0, 0.1) is 0 Å². The molecule has 2 unspecified atom stereocenters. The molecule has 1 aromatic rings. The third-order valence-corrected chi connectivity index (χ3v) is 4.04. The first-order valence-corrected chi connectivity index (χ1v) is 6.95. The highest BCUT2D eigenvalue weighted by Crippen LogP contribution is 2.22. The minimum atomic E-state index is 0.508. The first-order valence-electron chi connectivity index (χ1n) is 6.95. The molecule has 2 rings (SSSR count). The number of benzene rings is 1. The normalized spacial score (nSPS) is 24.1. The molecule has 3 nitrogen and oxygen atoms in total. The van der Waals surface area contributed by atoms with Crippen LogP contribution in [0.4, 0.5) is 0 Å². The SMILES string of the molecule is CC1CN(C(C)c2ccccc2)CCN1CCN. The maximum atomic E-state index is 5.65. The van der Waals surface area contributed by atoms with Gasteiger partial charge >= 0.3 is 0 Å². The van der Waals surface area contributed by atoms with Gasteiger partial charge in [0.1, 0.15) is 0 Å². The van der Waals surface area contributed by atoms with E-state index in [0.29, 0.717) is 12.1 Å². The zero-order valence-electron chi connectivity index (χ0n) is 11.5. The molecule has 1 aromatic carbocycles. The van der Waals surface area contributed by atoms with Crippen LogP contribution in [0.3, 0.4) is 0 Å². The van der Waals surface area contributed by atoms with Gasteiger partial charge in [0.25, 0.3) is 0 Å². The summed E-state index contributed by atoms with van der Waals surface area (Å²) in [5, 5.41) is 0. The summed E-state index contributed by atoms with van der Waals surface area (Å²) >= 11 is 0. The predicted octanol–water partition coefficient (Wildman–Crippen LogP) is 1.71. The van der Waals surface area contributed by atoms with E-state index >= 15 is 0 Å². The Kier molecular flexibility index (Phi) is 4.75. The zero-order chi connectivity index (χ0) is 13.0. The second kappa shape index (κ2) is 6.32. The van der Waals surface area contributed by atoms with E-state index in [0.717, 1.165) is 32.7 Å². The van der Waals surface area contributed by atoms with E-state index in [1.54, 1.807) is 0 Å². The molecular weight excluding hydrogens is 222 g/mol. The molecule has 2 N–H and O–H groups in total. The third-order valence-electron chi connectivity index (χ3n) is 4.04. The summed E-state index contributed by atoms with van der Waals surface area (Å²) in [5.74, 6) is 0. The third kappa shape index (κ3) is 3.10. The van der Waals surface area contributed by atoms with Crippen LogP contribution in [-0.4, -0.2) is 48.6 Å². The number of piperazine rings is 1. The fourth-order valence-corrected chi connectivity index (χ4v) is 2.82. The molecule has 0 bridgehead atoms. The Bertz CT molecular complexity index is 352. The molecule has 18 heavy (non-hydrogen) atoms.